The molecule has 128 valence electrons. The first-order chi connectivity index (χ1) is 10.2. The molecular formula is C17H37NO3. The molecule has 0 fully saturated rings. The molecule has 0 bridgehead atoms. The van der Waals surface area contributed by atoms with Crippen molar-refractivity contribution in [2.75, 3.05) is 26.4 Å². The summed E-state index contributed by atoms with van der Waals surface area (Å²) in [5.74, 6) is 0. The molecule has 0 spiro atoms. The van der Waals surface area contributed by atoms with Crippen LogP contribution in [-0.2, 0) is 4.74 Å². The third-order valence-corrected chi connectivity index (χ3v) is 3.99. The number of hydrogen-bond donors (Lipinski definition) is 3. The fourth-order valence-electron chi connectivity index (χ4n) is 2.33. The summed E-state index contributed by atoms with van der Waals surface area (Å²) in [7, 11) is 0. The van der Waals surface area contributed by atoms with E-state index in [1.165, 1.54) is 44.9 Å². The molecule has 0 aliphatic carbocycles. The molecule has 0 heterocycles. The third-order valence-electron chi connectivity index (χ3n) is 3.99. The van der Waals surface area contributed by atoms with E-state index in [4.69, 9.17) is 20.7 Å². The summed E-state index contributed by atoms with van der Waals surface area (Å²) in [6.07, 6.45) is 12.7. The first kappa shape index (κ1) is 20.8. The molecule has 0 saturated carbocycles. The molecule has 0 atom stereocenters. The lowest BCUT2D eigenvalue weighted by Gasteiger charge is -2.24. The van der Waals surface area contributed by atoms with Gasteiger partial charge in [0.15, 0.2) is 0 Å². The van der Waals surface area contributed by atoms with Crippen molar-refractivity contribution in [2.24, 2.45) is 5.73 Å². The molecule has 0 unspecified atom stereocenters. The average Bonchev–Trinajstić information content (AvgIpc) is 2.51. The maximum Gasteiger partial charge on any atom is 0.0633 e. The van der Waals surface area contributed by atoms with Gasteiger partial charge in [0.1, 0.15) is 0 Å². The van der Waals surface area contributed by atoms with Crippen molar-refractivity contribution in [3.05, 3.63) is 0 Å². The maximum absolute atomic E-state index is 9.08. The van der Waals surface area contributed by atoms with Crippen LogP contribution in [0.3, 0.4) is 0 Å². The van der Waals surface area contributed by atoms with E-state index >= 15 is 0 Å². The highest BCUT2D eigenvalue weighted by molar-refractivity contribution is 4.81. The standard InChI is InChI=1S/C17H37NO3/c1-2-3-4-10-13-21-14-11-8-6-5-7-9-12-17(18,15-19)16-20/h19-20H,2-16,18H2,1H3. The first-order valence-corrected chi connectivity index (χ1v) is 8.77. The summed E-state index contributed by atoms with van der Waals surface area (Å²) < 4.78 is 5.61. The van der Waals surface area contributed by atoms with Crippen LogP contribution < -0.4 is 5.73 Å². The van der Waals surface area contributed by atoms with Crippen molar-refractivity contribution < 1.29 is 14.9 Å². The summed E-state index contributed by atoms with van der Waals surface area (Å²) in [5.41, 5.74) is 5.03. The molecule has 0 rings (SSSR count). The molecule has 0 radical (unpaired) electrons. The normalized spacial score (nSPS) is 12.0. The van der Waals surface area contributed by atoms with E-state index in [1.54, 1.807) is 0 Å². The van der Waals surface area contributed by atoms with Gasteiger partial charge < -0.3 is 20.7 Å². The Balaban J connectivity index is 3.16. The Morgan fingerprint density at radius 1 is 0.762 bits per heavy atom. The van der Waals surface area contributed by atoms with Crippen LogP contribution in [0, 0.1) is 0 Å². The van der Waals surface area contributed by atoms with Gasteiger partial charge >= 0.3 is 0 Å². The van der Waals surface area contributed by atoms with Crippen LogP contribution >= 0.6 is 0 Å². The lowest BCUT2D eigenvalue weighted by molar-refractivity contribution is 0.112. The largest absolute Gasteiger partial charge is 0.394 e. The summed E-state index contributed by atoms with van der Waals surface area (Å²) in [4.78, 5) is 0. The number of aliphatic hydroxyl groups is 2. The van der Waals surface area contributed by atoms with Gasteiger partial charge in [-0.15, -0.1) is 0 Å². The predicted octanol–water partition coefficient (Wildman–Crippen LogP) is 3.00. The van der Waals surface area contributed by atoms with Gasteiger partial charge in [-0.3, -0.25) is 0 Å². The molecule has 0 amide bonds. The average molecular weight is 303 g/mol. The van der Waals surface area contributed by atoms with Crippen molar-refractivity contribution in [1.29, 1.82) is 0 Å². The zero-order chi connectivity index (χ0) is 15.8. The fraction of sp³-hybridized carbons (Fsp3) is 1.00. The van der Waals surface area contributed by atoms with Crippen LogP contribution in [0.5, 0.6) is 0 Å². The number of unbranched alkanes of at least 4 members (excludes halogenated alkanes) is 8. The van der Waals surface area contributed by atoms with Crippen LogP contribution in [0.1, 0.15) is 77.6 Å². The molecule has 0 aromatic carbocycles. The van der Waals surface area contributed by atoms with Gasteiger partial charge in [0, 0.05) is 13.2 Å². The Kier molecular flexibility index (Phi) is 14.7. The second-order valence-corrected chi connectivity index (χ2v) is 6.22. The monoisotopic (exact) mass is 303 g/mol. The van der Waals surface area contributed by atoms with Crippen LogP contribution in [-0.4, -0.2) is 42.2 Å². The number of hydrogen-bond acceptors (Lipinski definition) is 4. The Morgan fingerprint density at radius 3 is 1.76 bits per heavy atom. The number of nitrogens with two attached hydrogens (primary N) is 1. The smallest absolute Gasteiger partial charge is 0.0633 e. The minimum atomic E-state index is -0.786. The van der Waals surface area contributed by atoms with E-state index in [0.717, 1.165) is 32.5 Å². The topological polar surface area (TPSA) is 75.7 Å². The Bertz CT molecular complexity index is 208. The van der Waals surface area contributed by atoms with Gasteiger partial charge in [-0.25, -0.2) is 0 Å². The van der Waals surface area contributed by atoms with E-state index in [-0.39, 0.29) is 13.2 Å². The van der Waals surface area contributed by atoms with Crippen molar-refractivity contribution >= 4 is 0 Å². The van der Waals surface area contributed by atoms with E-state index in [9.17, 15) is 0 Å². The van der Waals surface area contributed by atoms with Gasteiger partial charge in [-0.1, -0.05) is 58.3 Å². The molecule has 4 heteroatoms. The number of ether oxygens (including phenoxy) is 1. The van der Waals surface area contributed by atoms with Gasteiger partial charge in [0.25, 0.3) is 0 Å². The molecule has 0 aromatic heterocycles. The lowest BCUT2D eigenvalue weighted by Crippen LogP contribution is -2.47. The molecule has 0 aliphatic heterocycles. The molecule has 21 heavy (non-hydrogen) atoms. The highest BCUT2D eigenvalue weighted by atomic mass is 16.5. The third kappa shape index (κ3) is 13.2. The Morgan fingerprint density at radius 2 is 1.24 bits per heavy atom. The SMILES string of the molecule is CCCCCCOCCCCCCCCC(N)(CO)CO. The zero-order valence-electron chi connectivity index (χ0n) is 14.0. The van der Waals surface area contributed by atoms with Crippen molar-refractivity contribution in [2.45, 2.75) is 83.1 Å². The van der Waals surface area contributed by atoms with Crippen LogP contribution in [0.25, 0.3) is 0 Å². The molecule has 4 N–H and O–H groups in total. The van der Waals surface area contributed by atoms with Crippen molar-refractivity contribution in [3.63, 3.8) is 0 Å². The molecule has 0 aromatic rings. The summed E-state index contributed by atoms with van der Waals surface area (Å²) in [6, 6.07) is 0. The van der Waals surface area contributed by atoms with Gasteiger partial charge in [0.05, 0.1) is 18.8 Å². The highest BCUT2D eigenvalue weighted by Crippen LogP contribution is 2.13. The second kappa shape index (κ2) is 14.8. The van der Waals surface area contributed by atoms with Gasteiger partial charge in [-0.2, -0.15) is 0 Å². The fourth-order valence-corrected chi connectivity index (χ4v) is 2.33. The number of rotatable bonds is 16. The summed E-state index contributed by atoms with van der Waals surface area (Å²) in [5, 5.41) is 18.2. The van der Waals surface area contributed by atoms with E-state index in [1.807, 2.05) is 0 Å². The molecule has 0 aliphatic rings. The second-order valence-electron chi connectivity index (χ2n) is 6.22. The van der Waals surface area contributed by atoms with Crippen LogP contribution in [0.4, 0.5) is 0 Å². The maximum atomic E-state index is 9.08. The van der Waals surface area contributed by atoms with Crippen LogP contribution in [0.2, 0.25) is 0 Å². The minimum Gasteiger partial charge on any atom is -0.394 e. The van der Waals surface area contributed by atoms with Crippen LogP contribution in [0.15, 0.2) is 0 Å². The van der Waals surface area contributed by atoms with E-state index < -0.39 is 5.54 Å². The molecular weight excluding hydrogens is 266 g/mol. The number of aliphatic hydroxyl groups excluding tert-OH is 2. The minimum absolute atomic E-state index is 0.140. The van der Waals surface area contributed by atoms with Gasteiger partial charge in [0.2, 0.25) is 0 Å². The Hall–Kier alpha value is -0.160. The summed E-state index contributed by atoms with van der Waals surface area (Å²) >= 11 is 0. The quantitative estimate of drug-likeness (QED) is 0.383. The van der Waals surface area contributed by atoms with Gasteiger partial charge in [-0.05, 0) is 19.3 Å². The van der Waals surface area contributed by atoms with E-state index in [2.05, 4.69) is 6.92 Å². The summed E-state index contributed by atoms with van der Waals surface area (Å²) in [6.45, 7) is 3.76. The molecule has 0 saturated heterocycles. The highest BCUT2D eigenvalue weighted by Gasteiger charge is 2.21. The molecule has 4 nitrogen and oxygen atoms in total. The van der Waals surface area contributed by atoms with E-state index in [0.29, 0.717) is 6.42 Å². The predicted molar refractivity (Wildman–Crippen MR) is 88.4 cm³/mol. The zero-order valence-corrected chi connectivity index (χ0v) is 14.0. The van der Waals surface area contributed by atoms with Crippen molar-refractivity contribution in [3.8, 4) is 0 Å². The Labute approximate surface area is 131 Å². The van der Waals surface area contributed by atoms with Crippen molar-refractivity contribution in [1.82, 2.24) is 0 Å². The lowest BCUT2D eigenvalue weighted by atomic mass is 9.95. The first-order valence-electron chi connectivity index (χ1n) is 8.77.